The Morgan fingerprint density at radius 2 is 1.61 bits per heavy atom. The van der Waals surface area contributed by atoms with Crippen LogP contribution in [0.5, 0.6) is 0 Å². The maximum atomic E-state index is 3.85. The van der Waals surface area contributed by atoms with E-state index >= 15 is 0 Å². The number of fused-ring (bicyclic) bond motifs is 9. The second-order valence-corrected chi connectivity index (χ2v) is 14.4. The minimum Gasteiger partial charge on any atom is -0.381 e. The van der Waals surface area contributed by atoms with Crippen molar-refractivity contribution in [1.29, 1.82) is 0 Å². The molecule has 2 N–H and O–H groups in total. The molecule has 0 fully saturated rings. The zero-order valence-electron chi connectivity index (χ0n) is 25.2. The van der Waals surface area contributed by atoms with E-state index in [4.69, 9.17) is 0 Å². The summed E-state index contributed by atoms with van der Waals surface area (Å²) in [6, 6.07) is 32.9. The summed E-state index contributed by atoms with van der Waals surface area (Å²) in [5.74, 6) is 0.666. The van der Waals surface area contributed by atoms with Gasteiger partial charge in [0.2, 0.25) is 0 Å². The van der Waals surface area contributed by atoms with Crippen molar-refractivity contribution in [3.05, 3.63) is 170 Å². The number of benzene rings is 4. The van der Waals surface area contributed by atoms with Gasteiger partial charge in [0.25, 0.3) is 0 Å². The lowest BCUT2D eigenvalue weighted by Gasteiger charge is -2.34. The summed E-state index contributed by atoms with van der Waals surface area (Å²) in [5, 5.41) is 10.5. The van der Waals surface area contributed by atoms with Crippen molar-refractivity contribution in [2.45, 2.75) is 41.4 Å². The first-order valence-corrected chi connectivity index (χ1v) is 16.8. The molecule has 2 aliphatic carbocycles. The van der Waals surface area contributed by atoms with Gasteiger partial charge in [-0.2, -0.15) is 0 Å². The van der Waals surface area contributed by atoms with Crippen molar-refractivity contribution in [3.8, 4) is 0 Å². The van der Waals surface area contributed by atoms with Gasteiger partial charge in [-0.05, 0) is 61.9 Å². The second-order valence-electron chi connectivity index (χ2n) is 13.2. The highest BCUT2D eigenvalue weighted by atomic mass is 32.2. The Hall–Kier alpha value is -4.05. The van der Waals surface area contributed by atoms with Gasteiger partial charge in [-0.1, -0.05) is 123 Å². The SMILES string of the molecule is CC1(C)c2ccc(C3=c4ccccc4=CCN3)cc2C2Sc3ccccc3[C@@H]2c2cc(C3NCC=C4C=CC=CC43)ccc21. The summed E-state index contributed by atoms with van der Waals surface area (Å²) >= 11 is 2.06. The van der Waals surface area contributed by atoms with Crippen LogP contribution in [0.2, 0.25) is 0 Å². The van der Waals surface area contributed by atoms with E-state index in [-0.39, 0.29) is 11.5 Å². The maximum Gasteiger partial charge on any atom is 0.0495 e. The first-order valence-electron chi connectivity index (χ1n) is 15.9. The van der Waals surface area contributed by atoms with Gasteiger partial charge in [-0.15, -0.1) is 11.8 Å². The highest BCUT2D eigenvalue weighted by molar-refractivity contribution is 8.00. The number of rotatable bonds is 2. The molecular weight excluding hydrogens is 553 g/mol. The molecule has 0 bridgehead atoms. The molecular formula is C41H36N2S. The second kappa shape index (κ2) is 9.99. The maximum absolute atomic E-state index is 3.85. The number of hydrogen-bond acceptors (Lipinski definition) is 3. The van der Waals surface area contributed by atoms with Gasteiger partial charge in [-0.25, -0.2) is 0 Å². The third kappa shape index (κ3) is 3.92. The van der Waals surface area contributed by atoms with E-state index in [1.807, 2.05) is 0 Å². The number of thioether (sulfide) groups is 1. The van der Waals surface area contributed by atoms with E-state index in [2.05, 4.69) is 158 Å². The molecule has 4 aromatic carbocycles. The van der Waals surface area contributed by atoms with Crippen molar-refractivity contribution in [2.75, 3.05) is 13.1 Å². The third-order valence-electron chi connectivity index (χ3n) is 10.5. The van der Waals surface area contributed by atoms with Crippen LogP contribution >= 0.6 is 11.8 Å². The normalized spacial score (nSPS) is 25.1. The van der Waals surface area contributed by atoms with Gasteiger partial charge >= 0.3 is 0 Å². The molecule has 44 heavy (non-hydrogen) atoms. The Bertz CT molecular complexity index is 2060. The minimum absolute atomic E-state index is 0.129. The molecule has 2 nitrogen and oxygen atoms in total. The largest absolute Gasteiger partial charge is 0.381 e. The lowest BCUT2D eigenvalue weighted by molar-refractivity contribution is 0.462. The Morgan fingerprint density at radius 3 is 2.57 bits per heavy atom. The van der Waals surface area contributed by atoms with E-state index in [0.29, 0.717) is 17.1 Å². The number of nitrogens with one attached hydrogen (secondary N) is 2. The molecule has 0 amide bonds. The lowest BCUT2D eigenvalue weighted by Crippen LogP contribution is -2.37. The molecule has 9 rings (SSSR count). The van der Waals surface area contributed by atoms with Crippen LogP contribution in [0.25, 0.3) is 11.8 Å². The Labute approximate surface area is 264 Å². The fourth-order valence-electron chi connectivity index (χ4n) is 8.41. The third-order valence-corrected chi connectivity index (χ3v) is 11.9. The molecule has 4 atom stereocenters. The first kappa shape index (κ1) is 26.4. The molecule has 0 radical (unpaired) electrons. The molecule has 3 heteroatoms. The smallest absolute Gasteiger partial charge is 0.0495 e. The summed E-state index contributed by atoms with van der Waals surface area (Å²) in [7, 11) is 0. The van der Waals surface area contributed by atoms with Crippen LogP contribution in [-0.4, -0.2) is 13.1 Å². The monoisotopic (exact) mass is 588 g/mol. The van der Waals surface area contributed by atoms with Gasteiger partial charge in [0.05, 0.1) is 0 Å². The van der Waals surface area contributed by atoms with Crippen LogP contribution < -0.4 is 21.1 Å². The summed E-state index contributed by atoms with van der Waals surface area (Å²) in [5.41, 5.74) is 12.5. The van der Waals surface area contributed by atoms with Gasteiger partial charge < -0.3 is 10.6 Å². The first-order chi connectivity index (χ1) is 21.6. The van der Waals surface area contributed by atoms with Crippen LogP contribution in [0.15, 0.2) is 126 Å². The van der Waals surface area contributed by atoms with E-state index in [1.54, 1.807) is 0 Å². The van der Waals surface area contributed by atoms with Gasteiger partial charge in [-0.3, -0.25) is 0 Å². The predicted octanol–water partition coefficient (Wildman–Crippen LogP) is 7.16. The quantitative estimate of drug-likeness (QED) is 0.260. The zero-order chi connectivity index (χ0) is 29.4. The Morgan fingerprint density at radius 1 is 0.773 bits per heavy atom. The number of allylic oxidation sites excluding steroid dienone is 3. The minimum atomic E-state index is -0.129. The van der Waals surface area contributed by atoms with Crippen molar-refractivity contribution < 1.29 is 0 Å². The van der Waals surface area contributed by atoms with Crippen LogP contribution in [0.4, 0.5) is 0 Å². The Balaban J connectivity index is 1.24. The summed E-state index contributed by atoms with van der Waals surface area (Å²) in [6.45, 7) is 6.63. The van der Waals surface area contributed by atoms with Crippen LogP contribution in [-0.2, 0) is 5.41 Å². The molecule has 0 aromatic heterocycles. The molecule has 3 aliphatic heterocycles. The van der Waals surface area contributed by atoms with E-state index in [9.17, 15) is 0 Å². The predicted molar refractivity (Wildman–Crippen MR) is 183 cm³/mol. The van der Waals surface area contributed by atoms with Gasteiger partial charge in [0, 0.05) is 57.4 Å². The van der Waals surface area contributed by atoms with Crippen molar-refractivity contribution in [1.82, 2.24) is 10.6 Å². The van der Waals surface area contributed by atoms with Crippen molar-refractivity contribution in [2.24, 2.45) is 5.92 Å². The fraction of sp³-hybridized carbons (Fsp3) is 0.220. The van der Waals surface area contributed by atoms with Crippen LogP contribution in [0, 0.1) is 5.92 Å². The molecule has 5 aliphatic rings. The summed E-state index contributed by atoms with van der Waals surface area (Å²) in [4.78, 5) is 1.42. The standard InChI is InChI=1S/C41H36N2S/c1-41(2)34-17-15-27(38-29-11-5-3-9-25(29)19-21-42-38)23-32(34)37-31-13-7-8-14-36(31)44-40(37)33-24-28(16-18-35(33)41)39-30-12-6-4-10-26(30)20-22-43-39/h3-20,23-24,29,37-38,40,42-43H,21-22H2,1-2H3/t29?,37-,38?,40?/m1/s1. The summed E-state index contributed by atoms with van der Waals surface area (Å²) < 4.78 is 0. The van der Waals surface area contributed by atoms with E-state index < -0.39 is 0 Å². The average molecular weight is 589 g/mol. The lowest BCUT2D eigenvalue weighted by atomic mass is 9.73. The van der Waals surface area contributed by atoms with E-state index in [1.165, 1.54) is 65.5 Å². The zero-order valence-corrected chi connectivity index (χ0v) is 26.0. The topological polar surface area (TPSA) is 24.1 Å². The average Bonchev–Trinajstić information content (AvgIpc) is 3.44. The molecule has 3 heterocycles. The molecule has 0 saturated heterocycles. The molecule has 216 valence electrons. The Kier molecular flexibility index (Phi) is 5.98. The molecule has 3 unspecified atom stereocenters. The van der Waals surface area contributed by atoms with Crippen molar-refractivity contribution in [3.63, 3.8) is 0 Å². The van der Waals surface area contributed by atoms with Gasteiger partial charge in [0.15, 0.2) is 0 Å². The summed E-state index contributed by atoms with van der Waals surface area (Å²) in [6.07, 6.45) is 13.7. The van der Waals surface area contributed by atoms with Gasteiger partial charge in [0.1, 0.15) is 0 Å². The highest BCUT2D eigenvalue weighted by Gasteiger charge is 2.45. The highest BCUT2D eigenvalue weighted by Crippen LogP contribution is 2.62. The van der Waals surface area contributed by atoms with E-state index in [0.717, 1.165) is 13.1 Å². The molecule has 0 spiro atoms. The molecule has 0 saturated carbocycles. The van der Waals surface area contributed by atoms with Crippen LogP contribution in [0.3, 0.4) is 0 Å². The number of hydrogen-bond donors (Lipinski definition) is 2. The van der Waals surface area contributed by atoms with Crippen LogP contribution in [0.1, 0.15) is 70.0 Å². The molecule has 4 aromatic rings. The van der Waals surface area contributed by atoms with Crippen molar-refractivity contribution >= 4 is 23.5 Å². The fourth-order valence-corrected chi connectivity index (χ4v) is 9.92.